The molecule has 0 aromatic heterocycles. The normalized spacial score (nSPS) is 21.1. The molecule has 0 unspecified atom stereocenters. The van der Waals surface area contributed by atoms with Crippen LogP contribution in [0.3, 0.4) is 0 Å². The minimum absolute atomic E-state index is 0. The second-order valence-corrected chi connectivity index (χ2v) is 12.5. The predicted molar refractivity (Wildman–Crippen MR) is 201 cm³/mol. The van der Waals surface area contributed by atoms with Crippen molar-refractivity contribution in [3.63, 3.8) is 0 Å². The first kappa shape index (κ1) is 40.4. The third kappa shape index (κ3) is 10.4. The highest BCUT2D eigenvalue weighted by molar-refractivity contribution is 7.59. The average Bonchev–Trinajstić information content (AvgIpc) is 3.70. The predicted octanol–water partition coefficient (Wildman–Crippen LogP) is 3.42. The van der Waals surface area contributed by atoms with E-state index in [0.29, 0.717) is 52.9 Å². The summed E-state index contributed by atoms with van der Waals surface area (Å²) in [6, 6.07) is 30.7. The van der Waals surface area contributed by atoms with E-state index in [2.05, 4.69) is 46.2 Å². The van der Waals surface area contributed by atoms with Crippen LogP contribution in [0.4, 0.5) is 9.59 Å². The van der Waals surface area contributed by atoms with Crippen molar-refractivity contribution >= 4 is 39.2 Å². The quantitative estimate of drug-likeness (QED) is 0.294. The summed E-state index contributed by atoms with van der Waals surface area (Å²) in [5.74, 6) is 0. The van der Waals surface area contributed by atoms with Crippen molar-refractivity contribution in [2.75, 3.05) is 92.2 Å². The molecule has 2 atom stereocenters. The number of rotatable bonds is 11. The Morgan fingerprint density at radius 2 is 0.980 bits per heavy atom. The Balaban J connectivity index is 0.000000289. The third-order valence-corrected chi connectivity index (χ3v) is 9.08. The smallest absolute Gasteiger partial charge is 0.411 e. The van der Waals surface area contributed by atoms with E-state index >= 15 is 0 Å². The van der Waals surface area contributed by atoms with Gasteiger partial charge < -0.3 is 28.8 Å². The van der Waals surface area contributed by atoms with Crippen molar-refractivity contribution in [1.29, 1.82) is 0 Å². The third-order valence-electron chi connectivity index (χ3n) is 9.08. The van der Waals surface area contributed by atoms with Crippen molar-refractivity contribution in [2.24, 2.45) is 0 Å². The zero-order valence-electron chi connectivity index (χ0n) is 28.8. The van der Waals surface area contributed by atoms with E-state index in [9.17, 15) is 9.59 Å². The number of hydrogen-bond donors (Lipinski definition) is 1. The number of benzene rings is 3. The van der Waals surface area contributed by atoms with Crippen LogP contribution < -0.4 is 0 Å². The van der Waals surface area contributed by atoms with Gasteiger partial charge >= 0.3 is 12.2 Å². The molecule has 51 heavy (non-hydrogen) atoms. The Kier molecular flexibility index (Phi) is 15.9. The maximum Gasteiger partial charge on any atom is 0.411 e. The molecule has 14 heteroatoms. The van der Waals surface area contributed by atoms with Gasteiger partial charge in [0.05, 0.1) is 66.1 Å². The van der Waals surface area contributed by atoms with Crippen molar-refractivity contribution in [3.8, 4) is 0 Å². The van der Waals surface area contributed by atoms with Crippen LogP contribution in [0.5, 0.6) is 0 Å². The van der Waals surface area contributed by atoms with Gasteiger partial charge in [-0.1, -0.05) is 91.0 Å². The topological polar surface area (TPSA) is 113 Å². The van der Waals surface area contributed by atoms with Gasteiger partial charge in [0.15, 0.2) is 0 Å². The lowest BCUT2D eigenvalue weighted by Crippen LogP contribution is -2.44. The van der Waals surface area contributed by atoms with Gasteiger partial charge in [-0.2, -0.15) is 27.0 Å². The van der Waals surface area contributed by atoms with Gasteiger partial charge in [-0.3, -0.25) is 19.6 Å². The summed E-state index contributed by atoms with van der Waals surface area (Å²) >= 11 is 0. The molecule has 0 saturated carbocycles. The number of ether oxygens (including phenoxy) is 5. The van der Waals surface area contributed by atoms with E-state index in [-0.39, 0.29) is 64.6 Å². The minimum atomic E-state index is -0.826. The highest BCUT2D eigenvalue weighted by atomic mass is 32.1. The van der Waals surface area contributed by atoms with Crippen LogP contribution in [0.15, 0.2) is 91.0 Å². The number of carbonyl (C=O) groups is 2. The number of cyclic esters (lactones) is 2. The van der Waals surface area contributed by atoms with Crippen molar-refractivity contribution in [1.82, 2.24) is 19.6 Å². The highest BCUT2D eigenvalue weighted by Crippen LogP contribution is 2.40. The van der Waals surface area contributed by atoms with Crippen LogP contribution in [0.25, 0.3) is 0 Å². The zero-order chi connectivity index (χ0) is 33.9. The number of nitrogens with zero attached hydrogens (tertiary/aromatic N) is 4. The molecule has 4 heterocycles. The van der Waals surface area contributed by atoms with Gasteiger partial charge in [0, 0.05) is 26.2 Å². The first-order valence-corrected chi connectivity index (χ1v) is 17.0. The Hall–Kier alpha value is -3.34. The Bertz CT molecular complexity index is 1370. The molecule has 4 fully saturated rings. The summed E-state index contributed by atoms with van der Waals surface area (Å²) in [6.45, 7) is 8.44. The molecule has 0 bridgehead atoms. The molecule has 3 aromatic rings. The van der Waals surface area contributed by atoms with Crippen LogP contribution >= 0.6 is 27.0 Å². The summed E-state index contributed by atoms with van der Waals surface area (Å²) in [4.78, 5) is 31.7. The SMILES string of the molecule is O=C1O[C@H](CO)CN1CN1CCOCC1.O=C1O[C@H](COC(c2ccccc2)(c2ccccc2)c2ccccc2)CN1CN1CCOCC1.S.S. The molecular weight excluding hydrogens is 693 g/mol. The molecule has 0 spiro atoms. The lowest BCUT2D eigenvalue weighted by atomic mass is 9.80. The Morgan fingerprint density at radius 3 is 1.35 bits per heavy atom. The number of morpholine rings is 2. The van der Waals surface area contributed by atoms with E-state index in [0.717, 1.165) is 42.9 Å². The molecule has 1 N–H and O–H groups in total. The molecule has 0 radical (unpaired) electrons. The van der Waals surface area contributed by atoms with Crippen LogP contribution in [0, 0.1) is 0 Å². The Labute approximate surface area is 314 Å². The van der Waals surface area contributed by atoms with Crippen molar-refractivity contribution in [2.45, 2.75) is 17.8 Å². The van der Waals surface area contributed by atoms with Gasteiger partial charge in [-0.25, -0.2) is 9.59 Å². The van der Waals surface area contributed by atoms with Gasteiger partial charge in [0.1, 0.15) is 17.8 Å². The van der Waals surface area contributed by atoms with Gasteiger partial charge in [-0.05, 0) is 16.7 Å². The summed E-state index contributed by atoms with van der Waals surface area (Å²) in [5.41, 5.74) is 2.26. The lowest BCUT2D eigenvalue weighted by Gasteiger charge is -2.36. The fraction of sp³-hybridized carbons (Fsp3) is 0.459. The van der Waals surface area contributed by atoms with E-state index in [1.54, 1.807) is 9.80 Å². The maximum absolute atomic E-state index is 12.6. The molecule has 12 nitrogen and oxygen atoms in total. The molecule has 3 aromatic carbocycles. The number of aliphatic hydroxyl groups is 1. The monoisotopic (exact) mass is 742 g/mol. The van der Waals surface area contributed by atoms with Crippen LogP contribution in [0.1, 0.15) is 16.7 Å². The molecule has 278 valence electrons. The van der Waals surface area contributed by atoms with Gasteiger partial charge in [0.2, 0.25) is 0 Å². The van der Waals surface area contributed by atoms with E-state index in [1.165, 1.54) is 0 Å². The summed E-state index contributed by atoms with van der Waals surface area (Å²) in [7, 11) is 0. The number of hydrogen-bond acceptors (Lipinski definition) is 10. The molecular formula is C37H50N4O8S2. The van der Waals surface area contributed by atoms with Crippen molar-refractivity contribution in [3.05, 3.63) is 108 Å². The maximum atomic E-state index is 12.6. The van der Waals surface area contributed by atoms with Gasteiger partial charge in [0.25, 0.3) is 0 Å². The van der Waals surface area contributed by atoms with Crippen molar-refractivity contribution < 1.29 is 38.4 Å². The molecule has 4 aliphatic heterocycles. The van der Waals surface area contributed by atoms with Crippen LogP contribution in [0.2, 0.25) is 0 Å². The number of carbonyl (C=O) groups excluding carboxylic acids is 2. The molecule has 4 saturated heterocycles. The lowest BCUT2D eigenvalue weighted by molar-refractivity contribution is -0.0300. The second-order valence-electron chi connectivity index (χ2n) is 12.5. The largest absolute Gasteiger partial charge is 0.442 e. The first-order chi connectivity index (χ1) is 24.0. The fourth-order valence-corrected chi connectivity index (χ4v) is 6.52. The number of aliphatic hydroxyl groups excluding tert-OH is 1. The standard InChI is InChI=1S/C28H30N2O4.C9H16N2O4.2H2S/c31-27-30(22-29-16-18-32-19-17-29)20-26(34-27)21-33-28(23-10-4-1-5-11-23,24-12-6-2-7-13-24)25-14-8-3-9-15-25;12-6-8-5-11(9(13)15-8)7-10-1-3-14-4-2-10;;/h1-15,26H,16-22H2;8,12H,1-7H2;2*1H2/t26-;8-;;/m00../s1. The van der Waals surface area contributed by atoms with E-state index in [4.69, 9.17) is 28.8 Å². The highest BCUT2D eigenvalue weighted by Gasteiger charge is 2.40. The summed E-state index contributed by atoms with van der Waals surface area (Å²) in [6.07, 6.45) is -1.33. The number of amides is 2. The second kappa shape index (κ2) is 20.0. The van der Waals surface area contributed by atoms with Gasteiger partial charge in [-0.15, -0.1) is 0 Å². The molecule has 2 amide bonds. The van der Waals surface area contributed by atoms with E-state index in [1.807, 2.05) is 54.6 Å². The Morgan fingerprint density at radius 1 is 0.608 bits per heavy atom. The van der Waals surface area contributed by atoms with Crippen LogP contribution in [-0.2, 0) is 29.3 Å². The van der Waals surface area contributed by atoms with Crippen LogP contribution in [-0.4, -0.2) is 141 Å². The summed E-state index contributed by atoms with van der Waals surface area (Å²) < 4.78 is 28.1. The molecule has 7 rings (SSSR count). The fourth-order valence-electron chi connectivity index (χ4n) is 6.52. The summed E-state index contributed by atoms with van der Waals surface area (Å²) in [5, 5.41) is 8.87. The average molecular weight is 743 g/mol. The van der Waals surface area contributed by atoms with E-state index < -0.39 is 5.60 Å². The molecule has 4 aliphatic rings. The molecule has 0 aliphatic carbocycles. The first-order valence-electron chi connectivity index (χ1n) is 17.0. The zero-order valence-corrected chi connectivity index (χ0v) is 30.8. The minimum Gasteiger partial charge on any atom is -0.442 e.